The third kappa shape index (κ3) is 4.59. The fourth-order valence-electron chi connectivity index (χ4n) is 1.39. The van der Waals surface area contributed by atoms with Crippen LogP contribution in [-0.4, -0.2) is 45.0 Å². The zero-order valence-electron chi connectivity index (χ0n) is 10.9. The number of anilines is 1. The van der Waals surface area contributed by atoms with E-state index in [4.69, 9.17) is 5.73 Å². The van der Waals surface area contributed by atoms with Gasteiger partial charge in [-0.05, 0) is 46.1 Å². The fourth-order valence-corrected chi connectivity index (χ4v) is 2.62. The van der Waals surface area contributed by atoms with Crippen molar-refractivity contribution in [2.45, 2.75) is 24.3 Å². The summed E-state index contributed by atoms with van der Waals surface area (Å²) < 4.78 is 26.6. The molecule has 0 aliphatic carbocycles. The van der Waals surface area contributed by atoms with E-state index in [1.165, 1.54) is 18.3 Å². The van der Waals surface area contributed by atoms with E-state index in [0.29, 0.717) is 5.82 Å². The maximum atomic E-state index is 12.0. The number of sulfonamides is 1. The molecule has 0 aromatic carbocycles. The Morgan fingerprint density at radius 2 is 2.11 bits per heavy atom. The number of aromatic nitrogens is 1. The Bertz CT molecular complexity index is 470. The van der Waals surface area contributed by atoms with Gasteiger partial charge in [-0.3, -0.25) is 0 Å². The first kappa shape index (κ1) is 14.9. The van der Waals surface area contributed by atoms with Crippen LogP contribution in [0.4, 0.5) is 5.82 Å². The fraction of sp³-hybridized carbons (Fsp3) is 0.545. The summed E-state index contributed by atoms with van der Waals surface area (Å²) in [6.07, 6.45) is 2.00. The van der Waals surface area contributed by atoms with Crippen molar-refractivity contribution < 1.29 is 8.42 Å². The highest BCUT2D eigenvalue weighted by Gasteiger charge is 2.17. The Morgan fingerprint density at radius 3 is 2.61 bits per heavy atom. The summed E-state index contributed by atoms with van der Waals surface area (Å²) in [5.41, 5.74) is 5.42. The maximum Gasteiger partial charge on any atom is 0.242 e. The highest BCUT2D eigenvalue weighted by atomic mass is 32.2. The Morgan fingerprint density at radius 1 is 1.44 bits per heavy atom. The van der Waals surface area contributed by atoms with E-state index in [9.17, 15) is 8.42 Å². The van der Waals surface area contributed by atoms with E-state index in [2.05, 4.69) is 9.71 Å². The van der Waals surface area contributed by atoms with Crippen molar-refractivity contribution in [1.82, 2.24) is 14.6 Å². The number of hydrogen-bond acceptors (Lipinski definition) is 5. The van der Waals surface area contributed by atoms with Crippen LogP contribution in [-0.2, 0) is 10.0 Å². The maximum absolute atomic E-state index is 12.0. The predicted octanol–water partition coefficient (Wildman–Crippen LogP) is 0.282. The van der Waals surface area contributed by atoms with E-state index < -0.39 is 10.0 Å². The van der Waals surface area contributed by atoms with Gasteiger partial charge in [0.05, 0.1) is 0 Å². The van der Waals surface area contributed by atoms with Crippen LogP contribution in [0.15, 0.2) is 23.2 Å². The van der Waals surface area contributed by atoms with Crippen LogP contribution < -0.4 is 10.5 Å². The predicted molar refractivity (Wildman–Crippen MR) is 71.6 cm³/mol. The largest absolute Gasteiger partial charge is 0.384 e. The molecule has 18 heavy (non-hydrogen) atoms. The van der Waals surface area contributed by atoms with Gasteiger partial charge in [-0.15, -0.1) is 0 Å². The van der Waals surface area contributed by atoms with Crippen LogP contribution in [0.3, 0.4) is 0 Å². The minimum absolute atomic E-state index is 0.130. The van der Waals surface area contributed by atoms with E-state index in [0.717, 1.165) is 13.0 Å². The molecule has 1 atom stereocenters. The Hall–Kier alpha value is -1.18. The Balaban J connectivity index is 2.67. The van der Waals surface area contributed by atoms with Crippen molar-refractivity contribution in [1.29, 1.82) is 0 Å². The normalized spacial score (nSPS) is 13.8. The van der Waals surface area contributed by atoms with Crippen molar-refractivity contribution >= 4 is 15.8 Å². The van der Waals surface area contributed by atoms with Crippen molar-refractivity contribution in [2.24, 2.45) is 0 Å². The number of pyridine rings is 1. The molecule has 1 aromatic heterocycles. The van der Waals surface area contributed by atoms with Gasteiger partial charge in [0.1, 0.15) is 10.7 Å². The summed E-state index contributed by atoms with van der Waals surface area (Å²) in [6, 6.07) is 2.79. The summed E-state index contributed by atoms with van der Waals surface area (Å²) in [4.78, 5) is 5.92. The monoisotopic (exact) mass is 272 g/mol. The summed E-state index contributed by atoms with van der Waals surface area (Å²) in [5, 5.41) is 0. The molecule has 0 bridgehead atoms. The zero-order chi connectivity index (χ0) is 13.8. The molecule has 0 fully saturated rings. The molecule has 6 nitrogen and oxygen atoms in total. The van der Waals surface area contributed by atoms with Crippen LogP contribution in [0.25, 0.3) is 0 Å². The first-order valence-corrected chi connectivity index (χ1v) is 7.18. The molecule has 1 heterocycles. The number of rotatable bonds is 6. The van der Waals surface area contributed by atoms with Crippen LogP contribution >= 0.6 is 0 Å². The topological polar surface area (TPSA) is 88.3 Å². The van der Waals surface area contributed by atoms with Gasteiger partial charge in [0.25, 0.3) is 0 Å². The molecular weight excluding hydrogens is 252 g/mol. The lowest BCUT2D eigenvalue weighted by molar-refractivity contribution is 0.379. The lowest BCUT2D eigenvalue weighted by Crippen LogP contribution is -2.34. The average Bonchev–Trinajstić information content (AvgIpc) is 2.26. The van der Waals surface area contributed by atoms with Gasteiger partial charge in [0, 0.05) is 12.2 Å². The quantitative estimate of drug-likeness (QED) is 0.776. The van der Waals surface area contributed by atoms with Gasteiger partial charge in [-0.25, -0.2) is 18.1 Å². The minimum atomic E-state index is -3.51. The van der Waals surface area contributed by atoms with Crippen LogP contribution in [0.2, 0.25) is 0 Å². The second-order valence-corrected chi connectivity index (χ2v) is 6.25. The minimum Gasteiger partial charge on any atom is -0.384 e. The molecule has 1 unspecified atom stereocenters. The smallest absolute Gasteiger partial charge is 0.242 e. The molecular formula is C11H20N4O2S. The van der Waals surface area contributed by atoms with Crippen molar-refractivity contribution in [2.75, 3.05) is 26.4 Å². The number of nitrogens with two attached hydrogens (primary N) is 1. The first-order valence-electron chi connectivity index (χ1n) is 5.70. The van der Waals surface area contributed by atoms with Gasteiger partial charge in [-0.1, -0.05) is 0 Å². The molecule has 0 aliphatic heterocycles. The van der Waals surface area contributed by atoms with E-state index in [1.807, 2.05) is 25.9 Å². The van der Waals surface area contributed by atoms with Gasteiger partial charge >= 0.3 is 0 Å². The molecule has 3 N–H and O–H groups in total. The molecule has 0 amide bonds. The first-order chi connectivity index (χ1) is 8.31. The zero-order valence-corrected chi connectivity index (χ0v) is 11.7. The van der Waals surface area contributed by atoms with Crippen LogP contribution in [0, 0.1) is 0 Å². The Kier molecular flexibility index (Phi) is 5.06. The second kappa shape index (κ2) is 6.12. The lowest BCUT2D eigenvalue weighted by atomic mass is 10.2. The van der Waals surface area contributed by atoms with Gasteiger partial charge in [-0.2, -0.15) is 0 Å². The van der Waals surface area contributed by atoms with E-state index >= 15 is 0 Å². The molecule has 0 saturated carbocycles. The second-order valence-electron chi connectivity index (χ2n) is 4.53. The standard InChI is InChI=1S/C11H20N4O2S/c1-9(6-7-15(2)3)14-18(16,17)10-4-5-11(12)13-8-10/h4-5,8-9,14H,6-7H2,1-3H3,(H2,12,13). The summed E-state index contributed by atoms with van der Waals surface area (Å²) in [7, 11) is 0.388. The van der Waals surface area contributed by atoms with E-state index in [1.54, 1.807) is 0 Å². The SMILES string of the molecule is CC(CCN(C)C)NS(=O)(=O)c1ccc(N)nc1. The third-order valence-corrected chi connectivity index (χ3v) is 4.01. The highest BCUT2D eigenvalue weighted by Crippen LogP contribution is 2.09. The number of nitrogens with one attached hydrogen (secondary N) is 1. The van der Waals surface area contributed by atoms with Gasteiger partial charge < -0.3 is 10.6 Å². The summed E-state index contributed by atoms with van der Waals surface area (Å²) >= 11 is 0. The molecule has 0 aliphatic rings. The molecule has 1 aromatic rings. The van der Waals surface area contributed by atoms with Crippen LogP contribution in [0.5, 0.6) is 0 Å². The number of nitrogens with zero attached hydrogens (tertiary/aromatic N) is 2. The van der Waals surface area contributed by atoms with Crippen LogP contribution in [0.1, 0.15) is 13.3 Å². The number of nitrogen functional groups attached to an aromatic ring is 1. The summed E-state index contributed by atoms with van der Waals surface area (Å²) in [6.45, 7) is 2.66. The van der Waals surface area contributed by atoms with Crippen molar-refractivity contribution in [3.8, 4) is 0 Å². The molecule has 0 radical (unpaired) electrons. The van der Waals surface area contributed by atoms with Gasteiger partial charge in [0.2, 0.25) is 10.0 Å². The number of hydrogen-bond donors (Lipinski definition) is 2. The molecule has 1 rings (SSSR count). The average molecular weight is 272 g/mol. The highest BCUT2D eigenvalue weighted by molar-refractivity contribution is 7.89. The lowest BCUT2D eigenvalue weighted by Gasteiger charge is -2.16. The summed E-state index contributed by atoms with van der Waals surface area (Å²) in [5.74, 6) is 0.301. The Labute approximate surface area is 108 Å². The molecule has 0 spiro atoms. The molecule has 0 saturated heterocycles. The van der Waals surface area contributed by atoms with E-state index in [-0.39, 0.29) is 10.9 Å². The van der Waals surface area contributed by atoms with Crippen molar-refractivity contribution in [3.05, 3.63) is 18.3 Å². The molecule has 7 heteroatoms. The van der Waals surface area contributed by atoms with Crippen molar-refractivity contribution in [3.63, 3.8) is 0 Å². The van der Waals surface area contributed by atoms with Gasteiger partial charge in [0.15, 0.2) is 0 Å². The third-order valence-electron chi connectivity index (χ3n) is 2.44. The molecule has 102 valence electrons.